The van der Waals surface area contributed by atoms with E-state index in [9.17, 15) is 4.80 Å². The smallest absolute Gasteiger partial charge is 0.206 e. The second kappa shape index (κ2) is 6.43. The predicted molar refractivity (Wildman–Crippen MR) is 57.6 cm³/mol. The molecule has 0 saturated carbocycles. The molecule has 0 heterocycles. The molecule has 2 heteroatoms. The largest absolute Gasteiger partial charge is 0.428 e. The molecule has 0 aliphatic rings. The number of rotatable bonds is 6. The van der Waals surface area contributed by atoms with Crippen molar-refractivity contribution < 1.29 is 4.80 Å². The number of hydrogen-bond acceptors (Lipinski definition) is 1. The summed E-state index contributed by atoms with van der Waals surface area (Å²) >= 11 is 0. The van der Waals surface area contributed by atoms with Gasteiger partial charge in [0.05, 0.1) is 0 Å². The van der Waals surface area contributed by atoms with E-state index in [1.54, 1.807) is 0 Å². The van der Waals surface area contributed by atoms with Gasteiger partial charge in [-0.3, -0.25) is 0 Å². The maximum atomic E-state index is 9.47. The van der Waals surface area contributed by atoms with Gasteiger partial charge in [-0.15, -0.1) is 0 Å². The highest BCUT2D eigenvalue weighted by Crippen LogP contribution is 2.05. The van der Waals surface area contributed by atoms with Gasteiger partial charge in [0.1, 0.15) is 0 Å². The fourth-order valence-corrected chi connectivity index (χ4v) is 1.80. The first-order chi connectivity index (χ1) is 5.56. The average Bonchev–Trinajstić information content (AvgIpc) is 1.94. The van der Waals surface area contributed by atoms with Crippen molar-refractivity contribution >= 4 is 8.32 Å². The van der Waals surface area contributed by atoms with Crippen LogP contribution in [0.3, 0.4) is 0 Å². The van der Waals surface area contributed by atoms with Crippen LogP contribution in [0.1, 0.15) is 39.0 Å². The fraction of sp³-hybridized carbons (Fsp3) is 0.800. The lowest BCUT2D eigenvalue weighted by Crippen LogP contribution is -2.21. The summed E-state index contributed by atoms with van der Waals surface area (Å²) < 4.78 is 0. The molecular weight excluding hydrogens is 164 g/mol. The molecule has 0 aliphatic carbocycles. The Hall–Kier alpha value is -0.0831. The van der Waals surface area contributed by atoms with Crippen molar-refractivity contribution in [2.75, 3.05) is 0 Å². The van der Waals surface area contributed by atoms with E-state index in [1.807, 2.05) is 18.8 Å². The van der Waals surface area contributed by atoms with Gasteiger partial charge in [-0.25, -0.2) is 0 Å². The van der Waals surface area contributed by atoms with Crippen LogP contribution in [0, 0.1) is 0 Å². The molecule has 0 aliphatic heterocycles. The minimum Gasteiger partial charge on any atom is -0.428 e. The van der Waals surface area contributed by atoms with Gasteiger partial charge in [0.2, 0.25) is 8.32 Å². The summed E-state index contributed by atoms with van der Waals surface area (Å²) in [5.41, 5.74) is 2.01. The Balaban J connectivity index is 3.25. The van der Waals surface area contributed by atoms with Crippen molar-refractivity contribution in [1.82, 2.24) is 0 Å². The van der Waals surface area contributed by atoms with Crippen LogP contribution < -0.4 is 0 Å². The molecule has 0 unspecified atom stereocenters. The van der Waals surface area contributed by atoms with Crippen LogP contribution in [-0.4, -0.2) is 13.1 Å². The van der Waals surface area contributed by atoms with Gasteiger partial charge in [-0.2, -0.15) is 0 Å². The third-order valence-corrected chi connectivity index (χ3v) is 2.80. The van der Waals surface area contributed by atoms with Crippen molar-refractivity contribution in [3.8, 4) is 0 Å². The quantitative estimate of drug-likeness (QED) is 0.499. The van der Waals surface area contributed by atoms with Crippen LogP contribution in [0.2, 0.25) is 13.1 Å². The van der Waals surface area contributed by atoms with E-state index in [4.69, 9.17) is 0 Å². The molecule has 0 spiro atoms. The van der Waals surface area contributed by atoms with Crippen LogP contribution in [-0.2, 0) is 0 Å². The maximum Gasteiger partial charge on any atom is 0.206 e. The minimum atomic E-state index is -1.91. The first-order valence-electron chi connectivity index (χ1n) is 4.96. The zero-order valence-corrected chi connectivity index (χ0v) is 9.64. The summed E-state index contributed by atoms with van der Waals surface area (Å²) in [6.45, 7) is 6.10. The standard InChI is InChI=1S/C10H22OSi/c1-4-5-6-7-8-9-10-12(2,3)11/h9-11H,4-8H2,1-3H3/b10-9+. The lowest BCUT2D eigenvalue weighted by Gasteiger charge is -2.05. The summed E-state index contributed by atoms with van der Waals surface area (Å²) in [5, 5.41) is 0. The Morgan fingerprint density at radius 2 is 1.83 bits per heavy atom. The molecule has 0 atom stereocenters. The zero-order valence-electron chi connectivity index (χ0n) is 8.64. The van der Waals surface area contributed by atoms with Crippen molar-refractivity contribution in [1.29, 1.82) is 0 Å². The zero-order chi connectivity index (χ0) is 9.45. The average molecular weight is 186 g/mol. The van der Waals surface area contributed by atoms with Gasteiger partial charge in [0, 0.05) is 0 Å². The van der Waals surface area contributed by atoms with E-state index in [1.165, 1.54) is 25.7 Å². The lowest BCUT2D eigenvalue weighted by molar-refractivity contribution is 0.566. The Bertz CT molecular complexity index is 124. The molecule has 0 fully saturated rings. The molecule has 0 bridgehead atoms. The van der Waals surface area contributed by atoms with Crippen LogP contribution in [0.4, 0.5) is 0 Å². The second-order valence-electron chi connectivity index (χ2n) is 3.91. The lowest BCUT2D eigenvalue weighted by atomic mass is 10.2. The van der Waals surface area contributed by atoms with Gasteiger partial charge >= 0.3 is 0 Å². The Morgan fingerprint density at radius 1 is 1.17 bits per heavy atom. The summed E-state index contributed by atoms with van der Waals surface area (Å²) in [6, 6.07) is 0. The predicted octanol–water partition coefficient (Wildman–Crippen LogP) is 3.25. The van der Waals surface area contributed by atoms with Gasteiger partial charge in [-0.1, -0.05) is 38.0 Å². The van der Waals surface area contributed by atoms with E-state index >= 15 is 0 Å². The summed E-state index contributed by atoms with van der Waals surface area (Å²) in [7, 11) is -1.91. The molecular formula is C10H22OSi. The molecule has 0 radical (unpaired) electrons. The molecule has 1 N–H and O–H groups in total. The van der Waals surface area contributed by atoms with Crippen LogP contribution >= 0.6 is 0 Å². The molecule has 0 saturated heterocycles. The highest BCUT2D eigenvalue weighted by molar-refractivity contribution is 6.74. The van der Waals surface area contributed by atoms with Gasteiger partial charge < -0.3 is 4.80 Å². The number of unbranched alkanes of at least 4 members (excludes halogenated alkanes) is 4. The minimum absolute atomic E-state index is 1.14. The van der Waals surface area contributed by atoms with Gasteiger partial charge in [-0.05, 0) is 25.9 Å². The number of hydrogen-bond donors (Lipinski definition) is 1. The summed E-state index contributed by atoms with van der Waals surface area (Å²) in [5.74, 6) is 0. The second-order valence-corrected chi connectivity index (χ2v) is 7.55. The maximum absolute atomic E-state index is 9.47. The van der Waals surface area contributed by atoms with Crippen LogP contribution in [0.5, 0.6) is 0 Å². The van der Waals surface area contributed by atoms with Crippen molar-refractivity contribution in [3.63, 3.8) is 0 Å². The normalized spacial score (nSPS) is 12.7. The van der Waals surface area contributed by atoms with Gasteiger partial charge in [0.15, 0.2) is 0 Å². The summed E-state index contributed by atoms with van der Waals surface area (Å²) in [6.07, 6.45) is 8.51. The molecule has 1 nitrogen and oxygen atoms in total. The number of allylic oxidation sites excluding steroid dienone is 1. The van der Waals surface area contributed by atoms with E-state index < -0.39 is 8.32 Å². The fourth-order valence-electron chi connectivity index (χ4n) is 1.06. The van der Waals surface area contributed by atoms with Crippen LogP contribution in [0.25, 0.3) is 0 Å². The third-order valence-electron chi connectivity index (χ3n) is 1.75. The highest BCUT2D eigenvalue weighted by atomic mass is 28.4. The Labute approximate surface area is 77.6 Å². The van der Waals surface area contributed by atoms with E-state index in [0.29, 0.717) is 0 Å². The Kier molecular flexibility index (Phi) is 6.39. The molecule has 12 heavy (non-hydrogen) atoms. The highest BCUT2D eigenvalue weighted by Gasteiger charge is 2.09. The molecule has 0 aromatic carbocycles. The summed E-state index contributed by atoms with van der Waals surface area (Å²) in [4.78, 5) is 9.47. The molecule has 72 valence electrons. The van der Waals surface area contributed by atoms with E-state index in [-0.39, 0.29) is 0 Å². The van der Waals surface area contributed by atoms with Crippen molar-refractivity contribution in [3.05, 3.63) is 11.8 Å². The van der Waals surface area contributed by atoms with Crippen molar-refractivity contribution in [2.24, 2.45) is 0 Å². The third kappa shape index (κ3) is 9.92. The van der Waals surface area contributed by atoms with Gasteiger partial charge in [0.25, 0.3) is 0 Å². The molecule has 0 aromatic rings. The monoisotopic (exact) mass is 186 g/mol. The Morgan fingerprint density at radius 3 is 2.33 bits per heavy atom. The van der Waals surface area contributed by atoms with E-state index in [2.05, 4.69) is 13.0 Å². The SMILES string of the molecule is CCCCCC/C=C/[Si](C)(C)O. The molecule has 0 aromatic heterocycles. The molecule has 0 amide bonds. The van der Waals surface area contributed by atoms with Crippen LogP contribution in [0.15, 0.2) is 11.8 Å². The van der Waals surface area contributed by atoms with Crippen molar-refractivity contribution in [2.45, 2.75) is 52.1 Å². The molecule has 0 rings (SSSR count). The first kappa shape index (κ1) is 11.9. The first-order valence-corrected chi connectivity index (χ1v) is 7.99. The van der Waals surface area contributed by atoms with E-state index in [0.717, 1.165) is 6.42 Å². The topological polar surface area (TPSA) is 20.2 Å².